The lowest BCUT2D eigenvalue weighted by atomic mass is 10.1. The van der Waals surface area contributed by atoms with Gasteiger partial charge in [-0.25, -0.2) is 0 Å². The number of benzene rings is 2. The van der Waals surface area contributed by atoms with Crippen molar-refractivity contribution in [1.29, 1.82) is 0 Å². The minimum atomic E-state index is 1.28. The number of hydrogen-bond donors (Lipinski definition) is 0. The largest absolute Gasteiger partial charge is 0.276 e. The summed E-state index contributed by atoms with van der Waals surface area (Å²) in [6.07, 6.45) is 2.89. The van der Waals surface area contributed by atoms with Gasteiger partial charge >= 0.3 is 0 Å². The third-order valence-corrected chi connectivity index (χ3v) is 2.47. The van der Waals surface area contributed by atoms with Crippen LogP contribution >= 0.6 is 0 Å². The smallest absolute Gasteiger partial charge is 0.145 e. The molecule has 0 unspecified atom stereocenters. The maximum Gasteiger partial charge on any atom is 0.145 e. The number of aromatic nitrogens is 1. The zero-order valence-electron chi connectivity index (χ0n) is 10.9. The minimum absolute atomic E-state index is 1.28. The van der Waals surface area contributed by atoms with Crippen molar-refractivity contribution in [3.8, 4) is 11.1 Å². The Kier molecular flexibility index (Phi) is 5.66. The van der Waals surface area contributed by atoms with Gasteiger partial charge in [-0.15, -0.1) is 0 Å². The average molecular weight is 265 g/mol. The van der Waals surface area contributed by atoms with Crippen molar-refractivity contribution in [1.82, 2.24) is 5.16 Å². The molecule has 0 fully saturated rings. The molecule has 0 amide bonds. The van der Waals surface area contributed by atoms with Crippen LogP contribution in [0.25, 0.3) is 11.1 Å². The molecule has 3 aromatic rings. The summed E-state index contributed by atoms with van der Waals surface area (Å²) in [7, 11) is 0. The fraction of sp³-hybridized carbons (Fsp3) is 0. The van der Waals surface area contributed by atoms with E-state index >= 15 is 0 Å². The number of hydrogen-bond acceptors (Lipinski definition) is 3. The summed E-state index contributed by atoms with van der Waals surface area (Å²) in [5, 5.41) is 3.35. The van der Waals surface area contributed by atoms with Gasteiger partial charge in [0.05, 0.1) is 6.20 Å². The Hall–Kier alpha value is -2.81. The second kappa shape index (κ2) is 8.32. The summed E-state index contributed by atoms with van der Waals surface area (Å²) in [5.74, 6) is 0. The monoisotopic (exact) mass is 265 g/mol. The highest BCUT2D eigenvalue weighted by molar-refractivity contribution is 5.62. The molecule has 0 atom stereocenters. The predicted molar refractivity (Wildman–Crippen MR) is 78.3 cm³/mol. The molecule has 3 nitrogen and oxygen atoms in total. The number of nitrogens with zero attached hydrogens (tertiary/aromatic N) is 1. The van der Waals surface area contributed by atoms with Crippen LogP contribution in [0.4, 0.5) is 0 Å². The van der Waals surface area contributed by atoms with Gasteiger partial charge in [-0.1, -0.05) is 66.7 Å². The molecule has 0 aliphatic carbocycles. The van der Waals surface area contributed by atoms with Crippen LogP contribution < -0.4 is 0 Å². The van der Waals surface area contributed by atoms with Crippen molar-refractivity contribution < 1.29 is 9.26 Å². The molecule has 0 N–H and O–H groups in total. The molecular formula is C17H15NO2. The molecule has 100 valence electrons. The van der Waals surface area contributed by atoms with Crippen molar-refractivity contribution in [3.63, 3.8) is 0 Å². The lowest BCUT2D eigenvalue weighted by Crippen LogP contribution is -1.73. The Morgan fingerprint density at radius 2 is 1.15 bits per heavy atom. The van der Waals surface area contributed by atoms with E-state index in [9.17, 15) is 0 Å². The zero-order chi connectivity index (χ0) is 13.9. The van der Waals surface area contributed by atoms with Gasteiger partial charge < -0.3 is 0 Å². The van der Waals surface area contributed by atoms with Gasteiger partial charge in [-0.2, -0.15) is 4.68 Å². The van der Waals surface area contributed by atoms with Crippen LogP contribution in [0.2, 0.25) is 0 Å². The van der Waals surface area contributed by atoms with Gasteiger partial charge in [0.2, 0.25) is 0 Å². The van der Waals surface area contributed by atoms with Gasteiger partial charge in [0.15, 0.2) is 0 Å². The molecule has 1 heterocycles. The first-order valence-corrected chi connectivity index (χ1v) is 6.25. The molecule has 0 spiro atoms. The first-order valence-electron chi connectivity index (χ1n) is 6.25. The Morgan fingerprint density at radius 3 is 1.75 bits per heavy atom. The highest BCUT2D eigenvalue weighted by Crippen LogP contribution is 2.17. The van der Waals surface area contributed by atoms with Crippen LogP contribution in [0.3, 0.4) is 0 Å². The maximum absolute atomic E-state index is 4.34. The van der Waals surface area contributed by atoms with Gasteiger partial charge in [0.1, 0.15) is 6.26 Å². The first kappa shape index (κ1) is 13.6. The van der Waals surface area contributed by atoms with E-state index in [2.05, 4.69) is 62.9 Å². The summed E-state index contributed by atoms with van der Waals surface area (Å²) in [6.45, 7) is 0. The minimum Gasteiger partial charge on any atom is -0.276 e. The van der Waals surface area contributed by atoms with Crippen molar-refractivity contribution in [2.45, 2.75) is 0 Å². The van der Waals surface area contributed by atoms with Crippen molar-refractivity contribution >= 4 is 0 Å². The van der Waals surface area contributed by atoms with E-state index in [0.29, 0.717) is 0 Å². The molecular weight excluding hydrogens is 250 g/mol. The molecule has 0 radical (unpaired) electrons. The molecule has 0 aliphatic heterocycles. The predicted octanol–water partition coefficient (Wildman–Crippen LogP) is 4.75. The zero-order valence-corrected chi connectivity index (χ0v) is 10.9. The van der Waals surface area contributed by atoms with E-state index in [1.165, 1.54) is 23.6 Å². The molecule has 1 aromatic heterocycles. The Morgan fingerprint density at radius 1 is 0.600 bits per heavy atom. The van der Waals surface area contributed by atoms with Crippen molar-refractivity contribution in [3.05, 3.63) is 91.3 Å². The lowest BCUT2D eigenvalue weighted by molar-refractivity contribution is -0.0109. The molecule has 0 saturated heterocycles. The van der Waals surface area contributed by atoms with Gasteiger partial charge in [-0.05, 0) is 28.4 Å². The third-order valence-electron chi connectivity index (χ3n) is 2.47. The molecule has 0 aliphatic rings. The summed E-state index contributed by atoms with van der Waals surface area (Å²) in [6, 6.07) is 26.0. The van der Waals surface area contributed by atoms with Crippen LogP contribution in [-0.2, 0) is 0 Å². The van der Waals surface area contributed by atoms with Crippen LogP contribution in [0.15, 0.2) is 101 Å². The molecule has 0 saturated carbocycles. The quantitative estimate of drug-likeness (QED) is 0.596. The topological polar surface area (TPSA) is 39.2 Å². The first-order chi connectivity index (χ1) is 9.97. The molecule has 3 rings (SSSR count). The SMILES string of the molecule is c1ccc(-c2ccccc2)cc1.c1ccnoocc1. The van der Waals surface area contributed by atoms with E-state index in [1.807, 2.05) is 12.1 Å². The van der Waals surface area contributed by atoms with E-state index in [1.54, 1.807) is 18.2 Å². The Bertz CT molecular complexity index is 527. The van der Waals surface area contributed by atoms with Crippen molar-refractivity contribution in [2.24, 2.45) is 0 Å². The Balaban J connectivity index is 0.000000160. The summed E-state index contributed by atoms with van der Waals surface area (Å²) in [5.41, 5.74) is 2.55. The van der Waals surface area contributed by atoms with E-state index < -0.39 is 0 Å². The van der Waals surface area contributed by atoms with Gasteiger partial charge in [-0.3, -0.25) is 4.58 Å². The molecule has 3 heteroatoms. The van der Waals surface area contributed by atoms with Crippen LogP contribution in [0.5, 0.6) is 0 Å². The fourth-order valence-corrected chi connectivity index (χ4v) is 1.56. The molecule has 20 heavy (non-hydrogen) atoms. The Labute approximate surface area is 117 Å². The number of rotatable bonds is 1. The highest BCUT2D eigenvalue weighted by Gasteiger charge is 1.91. The van der Waals surface area contributed by atoms with Gasteiger partial charge in [0, 0.05) is 0 Å². The van der Waals surface area contributed by atoms with E-state index in [4.69, 9.17) is 0 Å². The van der Waals surface area contributed by atoms with Crippen LogP contribution in [-0.4, -0.2) is 5.16 Å². The lowest BCUT2D eigenvalue weighted by Gasteiger charge is -1.98. The standard InChI is InChI=1S/C12H10.C5H5NO2/c1-3-7-11(8-4-1)12-9-5-2-6-10-12;1-2-4-6-8-7-5-3-1/h1-10H;1-5H. The van der Waals surface area contributed by atoms with E-state index in [0.717, 1.165) is 0 Å². The summed E-state index contributed by atoms with van der Waals surface area (Å²) >= 11 is 0. The molecule has 0 bridgehead atoms. The summed E-state index contributed by atoms with van der Waals surface area (Å²) < 4.78 is 8.55. The summed E-state index contributed by atoms with van der Waals surface area (Å²) in [4.78, 5) is 0. The highest BCUT2D eigenvalue weighted by atomic mass is 17.0. The van der Waals surface area contributed by atoms with Crippen LogP contribution in [0, 0.1) is 0 Å². The maximum atomic E-state index is 4.34. The van der Waals surface area contributed by atoms with E-state index in [-0.39, 0.29) is 0 Å². The van der Waals surface area contributed by atoms with Crippen LogP contribution in [0.1, 0.15) is 0 Å². The second-order valence-electron chi connectivity index (χ2n) is 3.87. The van der Waals surface area contributed by atoms with Gasteiger partial charge in [0.25, 0.3) is 0 Å². The average Bonchev–Trinajstić information content (AvgIpc) is 2.49. The fourth-order valence-electron chi connectivity index (χ4n) is 1.56. The van der Waals surface area contributed by atoms with Crippen molar-refractivity contribution in [2.75, 3.05) is 0 Å². The normalized spacial score (nSPS) is 9.00. The third kappa shape index (κ3) is 4.82. The molecule has 2 aromatic carbocycles. The second-order valence-corrected chi connectivity index (χ2v) is 3.87.